The third-order valence-electron chi connectivity index (χ3n) is 2.59. The molecule has 1 aromatic rings. The van der Waals surface area contributed by atoms with Crippen molar-refractivity contribution in [3.8, 4) is 0 Å². The van der Waals surface area contributed by atoms with Gasteiger partial charge in [0, 0.05) is 26.3 Å². The van der Waals surface area contributed by atoms with Gasteiger partial charge in [-0.25, -0.2) is 4.98 Å². The zero-order valence-electron chi connectivity index (χ0n) is 9.56. The van der Waals surface area contributed by atoms with Crippen LogP contribution in [0.2, 0.25) is 0 Å². The van der Waals surface area contributed by atoms with Gasteiger partial charge in [0.2, 0.25) is 5.91 Å². The quantitative estimate of drug-likeness (QED) is 0.736. The second kappa shape index (κ2) is 4.82. The molecule has 0 radical (unpaired) electrons. The lowest BCUT2D eigenvalue weighted by molar-refractivity contribution is -0.123. The number of anilines is 1. The molecule has 1 fully saturated rings. The Morgan fingerprint density at radius 3 is 2.94 bits per heavy atom. The third-order valence-corrected chi connectivity index (χ3v) is 2.59. The molecule has 2 amide bonds. The molecule has 0 aromatic carbocycles. The first-order valence-corrected chi connectivity index (χ1v) is 5.40. The second-order valence-corrected chi connectivity index (χ2v) is 3.76. The number of aromatic nitrogens is 1. The van der Waals surface area contributed by atoms with E-state index in [1.54, 1.807) is 19.2 Å². The maximum atomic E-state index is 12.0. The van der Waals surface area contributed by atoms with Crippen molar-refractivity contribution in [1.82, 2.24) is 15.2 Å². The van der Waals surface area contributed by atoms with Gasteiger partial charge in [0.25, 0.3) is 5.91 Å². The molecular weight excluding hydrogens is 220 g/mol. The smallest absolute Gasteiger partial charge is 0.255 e. The molecule has 17 heavy (non-hydrogen) atoms. The van der Waals surface area contributed by atoms with E-state index in [1.165, 1.54) is 11.1 Å². The maximum absolute atomic E-state index is 12.0. The fourth-order valence-electron chi connectivity index (χ4n) is 1.66. The highest BCUT2D eigenvalue weighted by Crippen LogP contribution is 2.08. The van der Waals surface area contributed by atoms with Gasteiger partial charge in [-0.05, 0) is 12.1 Å². The zero-order chi connectivity index (χ0) is 12.3. The summed E-state index contributed by atoms with van der Waals surface area (Å²) in [6.45, 7) is 1.16. The summed E-state index contributed by atoms with van der Waals surface area (Å²) in [5, 5.41) is 5.56. The summed E-state index contributed by atoms with van der Waals surface area (Å²) in [6, 6.07) is 3.44. The average molecular weight is 234 g/mol. The molecule has 0 bridgehead atoms. The predicted molar refractivity (Wildman–Crippen MR) is 62.7 cm³/mol. The van der Waals surface area contributed by atoms with Crippen molar-refractivity contribution in [1.29, 1.82) is 0 Å². The molecule has 0 spiro atoms. The lowest BCUT2D eigenvalue weighted by Crippen LogP contribution is -2.49. The fraction of sp³-hybridized carbons (Fsp3) is 0.364. The maximum Gasteiger partial charge on any atom is 0.255 e. The topological polar surface area (TPSA) is 74.3 Å². The van der Waals surface area contributed by atoms with Gasteiger partial charge in [-0.3, -0.25) is 9.59 Å². The second-order valence-electron chi connectivity index (χ2n) is 3.76. The minimum absolute atomic E-state index is 0.118. The summed E-state index contributed by atoms with van der Waals surface area (Å²) >= 11 is 0. The van der Waals surface area contributed by atoms with Crippen LogP contribution in [0.5, 0.6) is 0 Å². The molecule has 6 nitrogen and oxygen atoms in total. The predicted octanol–water partition coefficient (Wildman–Crippen LogP) is -0.305. The Bertz CT molecular complexity index is 430. The minimum atomic E-state index is -0.157. The van der Waals surface area contributed by atoms with Crippen molar-refractivity contribution < 1.29 is 9.59 Å². The molecule has 1 aliphatic rings. The lowest BCUT2D eigenvalue weighted by atomic mass is 10.2. The standard InChI is InChI=1S/C11H14N4O2/c1-12-9-3-2-8(6-14-9)11(17)15-5-4-13-10(16)7-15/h2-3,6H,4-5,7H2,1H3,(H,12,14)(H,13,16). The van der Waals surface area contributed by atoms with Crippen molar-refractivity contribution in [3.63, 3.8) is 0 Å². The number of nitrogens with zero attached hydrogens (tertiary/aromatic N) is 2. The van der Waals surface area contributed by atoms with Gasteiger partial charge in [-0.15, -0.1) is 0 Å². The Morgan fingerprint density at radius 2 is 2.35 bits per heavy atom. The molecule has 0 unspecified atom stereocenters. The summed E-state index contributed by atoms with van der Waals surface area (Å²) in [5.74, 6) is 0.428. The molecule has 2 heterocycles. The van der Waals surface area contributed by atoms with Crippen LogP contribution in [0.3, 0.4) is 0 Å². The number of nitrogens with one attached hydrogen (secondary N) is 2. The number of carbonyl (C=O) groups is 2. The van der Waals surface area contributed by atoms with Crippen LogP contribution in [0, 0.1) is 0 Å². The molecular formula is C11H14N4O2. The van der Waals surface area contributed by atoms with Crippen LogP contribution in [0.4, 0.5) is 5.82 Å². The number of piperazine rings is 1. The largest absolute Gasteiger partial charge is 0.373 e. The van der Waals surface area contributed by atoms with E-state index in [1.807, 2.05) is 0 Å². The van der Waals surface area contributed by atoms with Gasteiger partial charge in [-0.1, -0.05) is 0 Å². The van der Waals surface area contributed by atoms with Crippen molar-refractivity contribution in [2.24, 2.45) is 0 Å². The van der Waals surface area contributed by atoms with Crippen molar-refractivity contribution >= 4 is 17.6 Å². The molecule has 1 saturated heterocycles. The first-order chi connectivity index (χ1) is 8.20. The van der Waals surface area contributed by atoms with Crippen molar-refractivity contribution in [2.45, 2.75) is 0 Å². The van der Waals surface area contributed by atoms with E-state index in [4.69, 9.17) is 0 Å². The summed E-state index contributed by atoms with van der Waals surface area (Å²) in [6.07, 6.45) is 1.51. The molecule has 6 heteroatoms. The monoisotopic (exact) mass is 234 g/mol. The first-order valence-electron chi connectivity index (χ1n) is 5.40. The molecule has 0 aliphatic carbocycles. The Morgan fingerprint density at radius 1 is 1.53 bits per heavy atom. The van der Waals surface area contributed by atoms with E-state index in [2.05, 4.69) is 15.6 Å². The molecule has 0 saturated carbocycles. The normalized spacial score (nSPS) is 15.4. The van der Waals surface area contributed by atoms with Crippen LogP contribution < -0.4 is 10.6 Å². The van der Waals surface area contributed by atoms with Crippen LogP contribution in [0.1, 0.15) is 10.4 Å². The average Bonchev–Trinajstić information content (AvgIpc) is 2.38. The summed E-state index contributed by atoms with van der Waals surface area (Å²) in [7, 11) is 1.76. The first kappa shape index (κ1) is 11.4. The van der Waals surface area contributed by atoms with E-state index in [9.17, 15) is 9.59 Å². The van der Waals surface area contributed by atoms with Gasteiger partial charge >= 0.3 is 0 Å². The highest BCUT2D eigenvalue weighted by atomic mass is 16.2. The number of rotatable bonds is 2. The zero-order valence-corrected chi connectivity index (χ0v) is 9.56. The summed E-state index contributed by atoms with van der Waals surface area (Å²) < 4.78 is 0. The number of amides is 2. The molecule has 1 aliphatic heterocycles. The van der Waals surface area contributed by atoms with Crippen LogP contribution in [0.25, 0.3) is 0 Å². The Hall–Kier alpha value is -2.11. The molecule has 90 valence electrons. The Kier molecular flexibility index (Phi) is 3.22. The lowest BCUT2D eigenvalue weighted by Gasteiger charge is -2.26. The Labute approximate surface area is 99.0 Å². The van der Waals surface area contributed by atoms with Gasteiger partial charge in [0.1, 0.15) is 5.82 Å². The number of hydrogen-bond donors (Lipinski definition) is 2. The van der Waals surface area contributed by atoms with Crippen LogP contribution in [-0.2, 0) is 4.79 Å². The Balaban J connectivity index is 2.10. The van der Waals surface area contributed by atoms with E-state index in [-0.39, 0.29) is 18.4 Å². The summed E-state index contributed by atoms with van der Waals surface area (Å²) in [4.78, 5) is 28.8. The minimum Gasteiger partial charge on any atom is -0.373 e. The highest BCUT2D eigenvalue weighted by Gasteiger charge is 2.22. The van der Waals surface area contributed by atoms with E-state index in [0.29, 0.717) is 24.5 Å². The number of hydrogen-bond acceptors (Lipinski definition) is 4. The third kappa shape index (κ3) is 2.52. The number of pyridine rings is 1. The molecule has 0 atom stereocenters. The molecule has 2 rings (SSSR count). The highest BCUT2D eigenvalue weighted by molar-refractivity contribution is 5.96. The molecule has 2 N–H and O–H groups in total. The van der Waals surface area contributed by atoms with Gasteiger partial charge in [-0.2, -0.15) is 0 Å². The van der Waals surface area contributed by atoms with Crippen molar-refractivity contribution in [2.75, 3.05) is 32.0 Å². The van der Waals surface area contributed by atoms with Gasteiger partial charge in [0.15, 0.2) is 0 Å². The SMILES string of the molecule is CNc1ccc(C(=O)N2CCNC(=O)C2)cn1. The van der Waals surface area contributed by atoms with Crippen molar-refractivity contribution in [3.05, 3.63) is 23.9 Å². The number of carbonyl (C=O) groups excluding carboxylic acids is 2. The van der Waals surface area contributed by atoms with Crippen LogP contribution >= 0.6 is 0 Å². The van der Waals surface area contributed by atoms with Crippen LogP contribution in [-0.4, -0.2) is 48.4 Å². The summed E-state index contributed by atoms with van der Waals surface area (Å²) in [5.41, 5.74) is 0.499. The molecule has 1 aromatic heterocycles. The van der Waals surface area contributed by atoms with Gasteiger partial charge in [0.05, 0.1) is 12.1 Å². The van der Waals surface area contributed by atoms with E-state index < -0.39 is 0 Å². The van der Waals surface area contributed by atoms with Gasteiger partial charge < -0.3 is 15.5 Å². The van der Waals surface area contributed by atoms with E-state index in [0.717, 1.165) is 0 Å². The van der Waals surface area contributed by atoms with Crippen LogP contribution in [0.15, 0.2) is 18.3 Å². The van der Waals surface area contributed by atoms with E-state index >= 15 is 0 Å². The fourth-order valence-corrected chi connectivity index (χ4v) is 1.66.